The number of pyridine rings is 1. The van der Waals surface area contributed by atoms with E-state index in [1.807, 2.05) is 4.90 Å². The number of amides is 1. The minimum absolute atomic E-state index is 0.0342. The molecule has 1 amide bonds. The first kappa shape index (κ1) is 15.3. The first-order chi connectivity index (χ1) is 9.39. The van der Waals surface area contributed by atoms with Gasteiger partial charge in [0.15, 0.2) is 0 Å². The molecule has 1 aromatic rings. The number of carbonyl (C=O) groups is 1. The van der Waals surface area contributed by atoms with Crippen LogP contribution in [-0.2, 0) is 0 Å². The van der Waals surface area contributed by atoms with Crippen molar-refractivity contribution in [3.8, 4) is 0 Å². The third-order valence-corrected chi connectivity index (χ3v) is 4.54. The first-order valence-electron chi connectivity index (χ1n) is 7.28. The molecule has 4 heteroatoms. The van der Waals surface area contributed by atoms with Crippen LogP contribution >= 0.6 is 11.6 Å². The third kappa shape index (κ3) is 3.51. The van der Waals surface area contributed by atoms with Crippen molar-refractivity contribution in [3.05, 3.63) is 29.0 Å². The van der Waals surface area contributed by atoms with Gasteiger partial charge in [0.1, 0.15) is 0 Å². The lowest BCUT2D eigenvalue weighted by Gasteiger charge is -2.29. The van der Waals surface area contributed by atoms with Gasteiger partial charge in [0.2, 0.25) is 0 Å². The van der Waals surface area contributed by atoms with Gasteiger partial charge in [-0.1, -0.05) is 32.4 Å². The number of carbonyl (C=O) groups excluding carboxylic acids is 1. The number of rotatable bonds is 1. The predicted octanol–water partition coefficient (Wildman–Crippen LogP) is 4.02. The molecule has 2 rings (SSSR count). The highest BCUT2D eigenvalue weighted by molar-refractivity contribution is 6.33. The van der Waals surface area contributed by atoms with Gasteiger partial charge in [0.25, 0.3) is 5.91 Å². The molecule has 110 valence electrons. The molecule has 0 bridgehead atoms. The summed E-state index contributed by atoms with van der Waals surface area (Å²) >= 11 is 6.07. The van der Waals surface area contributed by atoms with Crippen LogP contribution in [0, 0.1) is 11.3 Å². The van der Waals surface area contributed by atoms with Gasteiger partial charge in [0, 0.05) is 25.5 Å². The van der Waals surface area contributed by atoms with Crippen LogP contribution in [0.15, 0.2) is 18.5 Å². The van der Waals surface area contributed by atoms with E-state index >= 15 is 0 Å². The average molecular weight is 295 g/mol. The molecule has 0 aromatic carbocycles. The van der Waals surface area contributed by atoms with E-state index in [-0.39, 0.29) is 5.91 Å². The maximum absolute atomic E-state index is 12.5. The monoisotopic (exact) mass is 294 g/mol. The van der Waals surface area contributed by atoms with Crippen molar-refractivity contribution in [2.45, 2.75) is 40.0 Å². The van der Waals surface area contributed by atoms with Crippen LogP contribution in [-0.4, -0.2) is 28.9 Å². The molecular formula is C16H23ClN2O. The van der Waals surface area contributed by atoms with E-state index in [4.69, 9.17) is 11.6 Å². The molecule has 1 unspecified atom stereocenters. The third-order valence-electron chi connectivity index (χ3n) is 4.24. The van der Waals surface area contributed by atoms with Crippen molar-refractivity contribution < 1.29 is 4.79 Å². The lowest BCUT2D eigenvalue weighted by Crippen LogP contribution is -2.32. The predicted molar refractivity (Wildman–Crippen MR) is 81.9 cm³/mol. The summed E-state index contributed by atoms with van der Waals surface area (Å²) in [6.07, 6.45) is 6.48. The Morgan fingerprint density at radius 2 is 2.10 bits per heavy atom. The summed E-state index contributed by atoms with van der Waals surface area (Å²) in [5.41, 5.74) is 0.878. The Kier molecular flexibility index (Phi) is 4.69. The highest BCUT2D eigenvalue weighted by Crippen LogP contribution is 2.34. The highest BCUT2D eigenvalue weighted by atomic mass is 35.5. The summed E-state index contributed by atoms with van der Waals surface area (Å²) in [7, 11) is 0. The summed E-state index contributed by atoms with van der Waals surface area (Å²) in [4.78, 5) is 18.4. The molecule has 1 atom stereocenters. The topological polar surface area (TPSA) is 33.2 Å². The molecule has 1 saturated heterocycles. The number of halogens is 1. The average Bonchev–Trinajstić information content (AvgIpc) is 2.63. The molecule has 0 radical (unpaired) electrons. The molecule has 20 heavy (non-hydrogen) atoms. The molecule has 1 aliphatic heterocycles. The fourth-order valence-corrected chi connectivity index (χ4v) is 3.08. The maximum atomic E-state index is 12.5. The van der Waals surface area contributed by atoms with Crippen molar-refractivity contribution in [3.63, 3.8) is 0 Å². The van der Waals surface area contributed by atoms with Crippen LogP contribution in [0.5, 0.6) is 0 Å². The second-order valence-corrected chi connectivity index (χ2v) is 7.05. The molecule has 0 saturated carbocycles. The van der Waals surface area contributed by atoms with Crippen LogP contribution in [0.25, 0.3) is 0 Å². The normalized spacial score (nSPS) is 20.6. The van der Waals surface area contributed by atoms with Crippen molar-refractivity contribution in [2.24, 2.45) is 11.3 Å². The van der Waals surface area contributed by atoms with Gasteiger partial charge in [-0.25, -0.2) is 0 Å². The van der Waals surface area contributed by atoms with E-state index < -0.39 is 0 Å². The Hall–Kier alpha value is -1.09. The minimum atomic E-state index is 0.0342. The van der Waals surface area contributed by atoms with E-state index in [0.717, 1.165) is 25.9 Å². The lowest BCUT2D eigenvalue weighted by molar-refractivity contribution is 0.0755. The van der Waals surface area contributed by atoms with Crippen LogP contribution < -0.4 is 0 Å². The number of nitrogens with zero attached hydrogens (tertiary/aromatic N) is 2. The second-order valence-electron chi connectivity index (χ2n) is 6.64. The summed E-state index contributed by atoms with van der Waals surface area (Å²) in [5.74, 6) is 0.708. The molecule has 1 aromatic heterocycles. The van der Waals surface area contributed by atoms with Crippen LogP contribution in [0.3, 0.4) is 0 Å². The van der Waals surface area contributed by atoms with Crippen molar-refractivity contribution in [1.82, 2.24) is 9.88 Å². The van der Waals surface area contributed by atoms with Crippen molar-refractivity contribution in [1.29, 1.82) is 0 Å². The van der Waals surface area contributed by atoms with Crippen LogP contribution in [0.1, 0.15) is 50.4 Å². The molecular weight excluding hydrogens is 272 g/mol. The lowest BCUT2D eigenvalue weighted by atomic mass is 9.77. The van der Waals surface area contributed by atoms with Crippen molar-refractivity contribution in [2.75, 3.05) is 13.1 Å². The van der Waals surface area contributed by atoms with Gasteiger partial charge < -0.3 is 4.90 Å². The molecule has 2 heterocycles. The zero-order valence-electron chi connectivity index (χ0n) is 12.5. The number of hydrogen-bond acceptors (Lipinski definition) is 2. The number of hydrogen-bond donors (Lipinski definition) is 0. The van der Waals surface area contributed by atoms with Gasteiger partial charge in [-0.15, -0.1) is 0 Å². The Balaban J connectivity index is 2.08. The molecule has 1 aliphatic rings. The number of likely N-dealkylation sites (tertiary alicyclic amines) is 1. The van der Waals surface area contributed by atoms with Gasteiger partial charge in [-0.05, 0) is 36.7 Å². The Bertz CT molecular complexity index is 482. The summed E-state index contributed by atoms with van der Waals surface area (Å²) < 4.78 is 0. The summed E-state index contributed by atoms with van der Waals surface area (Å²) in [5, 5.41) is 0.439. The zero-order chi connectivity index (χ0) is 14.8. The van der Waals surface area contributed by atoms with Crippen LogP contribution in [0.2, 0.25) is 5.02 Å². The Morgan fingerprint density at radius 1 is 1.35 bits per heavy atom. The standard InChI is InChI=1S/C16H23ClN2O/c1-16(2,3)12-5-4-9-19(10-7-12)15(20)13-6-8-18-11-14(13)17/h6,8,11-12H,4-5,7,9-10H2,1-3H3. The molecule has 1 fully saturated rings. The van der Waals surface area contributed by atoms with Gasteiger partial charge in [0.05, 0.1) is 10.6 Å². The molecule has 0 spiro atoms. The minimum Gasteiger partial charge on any atom is -0.339 e. The summed E-state index contributed by atoms with van der Waals surface area (Å²) in [6.45, 7) is 8.50. The van der Waals surface area contributed by atoms with E-state index in [1.54, 1.807) is 12.3 Å². The van der Waals surface area contributed by atoms with Gasteiger partial charge in [-0.2, -0.15) is 0 Å². The van der Waals surface area contributed by atoms with E-state index in [0.29, 0.717) is 21.9 Å². The first-order valence-corrected chi connectivity index (χ1v) is 7.66. The second kappa shape index (κ2) is 6.13. The van der Waals surface area contributed by atoms with E-state index in [1.165, 1.54) is 12.6 Å². The molecule has 0 N–H and O–H groups in total. The maximum Gasteiger partial charge on any atom is 0.255 e. The SMILES string of the molecule is CC(C)(C)C1CCCN(C(=O)c2ccncc2Cl)CC1. The Labute approximate surface area is 126 Å². The quantitative estimate of drug-likeness (QED) is 0.783. The highest BCUT2D eigenvalue weighted by Gasteiger charge is 2.29. The van der Waals surface area contributed by atoms with E-state index in [9.17, 15) is 4.79 Å². The van der Waals surface area contributed by atoms with Gasteiger partial charge in [-0.3, -0.25) is 9.78 Å². The van der Waals surface area contributed by atoms with E-state index in [2.05, 4.69) is 25.8 Å². The smallest absolute Gasteiger partial charge is 0.255 e. The van der Waals surface area contributed by atoms with Gasteiger partial charge >= 0.3 is 0 Å². The van der Waals surface area contributed by atoms with Crippen LogP contribution in [0.4, 0.5) is 0 Å². The zero-order valence-corrected chi connectivity index (χ0v) is 13.3. The largest absolute Gasteiger partial charge is 0.339 e. The van der Waals surface area contributed by atoms with Crippen molar-refractivity contribution >= 4 is 17.5 Å². The molecule has 0 aliphatic carbocycles. The summed E-state index contributed by atoms with van der Waals surface area (Å²) in [6, 6.07) is 1.71. The fourth-order valence-electron chi connectivity index (χ4n) is 2.88. The number of aromatic nitrogens is 1. The Morgan fingerprint density at radius 3 is 2.75 bits per heavy atom. The molecule has 3 nitrogen and oxygen atoms in total. The fraction of sp³-hybridized carbons (Fsp3) is 0.625.